The predicted molar refractivity (Wildman–Crippen MR) is 54.6 cm³/mol. The van der Waals surface area contributed by atoms with Crippen molar-refractivity contribution in [2.75, 3.05) is 0 Å². The maximum absolute atomic E-state index is 10.1. The highest BCUT2D eigenvalue weighted by Crippen LogP contribution is 2.25. The summed E-state index contributed by atoms with van der Waals surface area (Å²) >= 11 is 4.49. The molecule has 0 fully saturated rings. The lowest BCUT2D eigenvalue weighted by Crippen LogP contribution is -1.83. The fourth-order valence-electron chi connectivity index (χ4n) is 1.08. The van der Waals surface area contributed by atoms with E-state index < -0.39 is 0 Å². The minimum atomic E-state index is 0.148. The lowest BCUT2D eigenvalue weighted by Gasteiger charge is -1.96. The molecule has 0 bridgehead atoms. The molecule has 0 saturated heterocycles. The highest BCUT2D eigenvalue weighted by Gasteiger charge is 2.08. The minimum Gasteiger partial charge on any atom is -0.173 e. The molecule has 13 heavy (non-hydrogen) atoms. The average Bonchev–Trinajstić information content (AvgIpc) is 2.59. The maximum Gasteiger partial charge on any atom is 0.119 e. The molecule has 0 N–H and O–H groups in total. The Morgan fingerprint density at radius 3 is 2.92 bits per heavy atom. The van der Waals surface area contributed by atoms with Gasteiger partial charge in [-0.3, -0.25) is 0 Å². The topological polar surface area (TPSA) is 55.2 Å². The number of hydrogen-bond acceptors (Lipinski definition) is 5. The third-order valence-electron chi connectivity index (χ3n) is 1.68. The number of fused-ring (bicyclic) bond motifs is 1. The van der Waals surface area contributed by atoms with Crippen molar-refractivity contribution in [1.82, 2.24) is 8.75 Å². The predicted octanol–water partition coefficient (Wildman–Crippen LogP) is 2.72. The molecule has 4 nitrogen and oxygen atoms in total. The summed E-state index contributed by atoms with van der Waals surface area (Å²) in [7, 11) is 0. The Bertz CT molecular complexity index is 456. The molecule has 1 aromatic heterocycles. The van der Waals surface area contributed by atoms with Crippen LogP contribution >= 0.6 is 27.7 Å². The number of nitrogens with zero attached hydrogens (tertiary/aromatic N) is 3. The molecule has 0 aliphatic carbocycles. The van der Waals surface area contributed by atoms with E-state index in [1.54, 1.807) is 0 Å². The third-order valence-corrected chi connectivity index (χ3v) is 2.85. The van der Waals surface area contributed by atoms with Crippen molar-refractivity contribution in [2.45, 2.75) is 6.54 Å². The Labute approximate surface area is 86.4 Å². The van der Waals surface area contributed by atoms with Gasteiger partial charge in [0.25, 0.3) is 0 Å². The quantitative estimate of drug-likeness (QED) is 0.778. The first kappa shape index (κ1) is 8.71. The van der Waals surface area contributed by atoms with Crippen LogP contribution in [0, 0.1) is 4.91 Å². The van der Waals surface area contributed by atoms with Crippen LogP contribution < -0.4 is 0 Å². The molecule has 0 amide bonds. The first-order valence-corrected chi connectivity index (χ1v) is 5.04. The number of aromatic nitrogens is 2. The van der Waals surface area contributed by atoms with Gasteiger partial charge in [0.15, 0.2) is 0 Å². The van der Waals surface area contributed by atoms with Crippen molar-refractivity contribution in [2.24, 2.45) is 5.18 Å². The first-order valence-electron chi connectivity index (χ1n) is 3.51. The zero-order chi connectivity index (χ0) is 9.26. The summed E-state index contributed by atoms with van der Waals surface area (Å²) in [6.07, 6.45) is 0. The number of hydrogen-bond donors (Lipinski definition) is 0. The number of nitroso groups, excluding NO2 is 1. The third kappa shape index (κ3) is 1.47. The van der Waals surface area contributed by atoms with Crippen LogP contribution in [0.1, 0.15) is 5.56 Å². The summed E-state index contributed by atoms with van der Waals surface area (Å²) in [5.74, 6) is 0. The van der Waals surface area contributed by atoms with Crippen molar-refractivity contribution >= 4 is 38.7 Å². The molecule has 0 radical (unpaired) electrons. The van der Waals surface area contributed by atoms with Crippen LogP contribution in [-0.4, -0.2) is 8.75 Å². The van der Waals surface area contributed by atoms with Gasteiger partial charge in [0.05, 0.1) is 11.7 Å². The Balaban J connectivity index is 2.70. The summed E-state index contributed by atoms with van der Waals surface area (Å²) in [5.41, 5.74) is 2.38. The van der Waals surface area contributed by atoms with E-state index in [0.29, 0.717) is 0 Å². The van der Waals surface area contributed by atoms with Crippen LogP contribution in [0.25, 0.3) is 11.0 Å². The monoisotopic (exact) mass is 257 g/mol. The Kier molecular flexibility index (Phi) is 2.32. The minimum absolute atomic E-state index is 0.148. The second-order valence-electron chi connectivity index (χ2n) is 2.46. The van der Waals surface area contributed by atoms with Gasteiger partial charge in [0, 0.05) is 10.0 Å². The van der Waals surface area contributed by atoms with E-state index in [1.807, 2.05) is 12.1 Å². The Morgan fingerprint density at radius 1 is 1.38 bits per heavy atom. The molecule has 6 heteroatoms. The smallest absolute Gasteiger partial charge is 0.119 e. The molecule has 1 aromatic carbocycles. The van der Waals surface area contributed by atoms with Crippen molar-refractivity contribution < 1.29 is 0 Å². The number of rotatable bonds is 2. The van der Waals surface area contributed by atoms with Crippen LogP contribution in [-0.2, 0) is 6.54 Å². The zero-order valence-corrected chi connectivity index (χ0v) is 8.80. The fraction of sp³-hybridized carbons (Fsp3) is 0.143. The molecule has 2 aromatic rings. The highest BCUT2D eigenvalue weighted by molar-refractivity contribution is 9.10. The second-order valence-corrected chi connectivity index (χ2v) is 3.84. The maximum atomic E-state index is 10.1. The number of benzene rings is 1. The van der Waals surface area contributed by atoms with Gasteiger partial charge in [-0.15, -0.1) is 0 Å². The van der Waals surface area contributed by atoms with E-state index in [9.17, 15) is 4.91 Å². The summed E-state index contributed by atoms with van der Waals surface area (Å²) in [6.45, 7) is 0.148. The van der Waals surface area contributed by atoms with Crippen molar-refractivity contribution in [3.05, 3.63) is 27.1 Å². The SMILES string of the molecule is O=NCc1ccc(Br)c2nsnc12. The van der Waals surface area contributed by atoms with E-state index in [-0.39, 0.29) is 6.54 Å². The molecule has 0 saturated carbocycles. The molecule has 0 aliphatic rings. The molecule has 0 spiro atoms. The van der Waals surface area contributed by atoms with Gasteiger partial charge in [-0.25, -0.2) is 0 Å². The van der Waals surface area contributed by atoms with Crippen molar-refractivity contribution in [3.63, 3.8) is 0 Å². The van der Waals surface area contributed by atoms with Crippen LogP contribution in [0.5, 0.6) is 0 Å². The normalized spacial score (nSPS) is 10.5. The van der Waals surface area contributed by atoms with Gasteiger partial charge in [-0.1, -0.05) is 11.2 Å². The second kappa shape index (κ2) is 3.47. The Hall–Kier alpha value is -0.880. The van der Waals surface area contributed by atoms with Crippen molar-refractivity contribution in [1.29, 1.82) is 0 Å². The zero-order valence-electron chi connectivity index (χ0n) is 6.40. The van der Waals surface area contributed by atoms with Crippen LogP contribution in [0.2, 0.25) is 0 Å². The standard InChI is InChI=1S/C7H4BrN3OS/c8-5-2-1-4(3-9-12)6-7(5)11-13-10-6/h1-2H,3H2. The molecular weight excluding hydrogens is 254 g/mol. The molecule has 0 unspecified atom stereocenters. The molecule has 66 valence electrons. The van der Waals surface area contributed by atoms with E-state index in [0.717, 1.165) is 32.8 Å². The summed E-state index contributed by atoms with van der Waals surface area (Å²) in [5, 5.41) is 2.84. The van der Waals surface area contributed by atoms with Crippen LogP contribution in [0.3, 0.4) is 0 Å². The van der Waals surface area contributed by atoms with Gasteiger partial charge in [-0.2, -0.15) is 13.7 Å². The largest absolute Gasteiger partial charge is 0.173 e. The molecule has 0 aliphatic heterocycles. The van der Waals surface area contributed by atoms with Gasteiger partial charge in [0.2, 0.25) is 0 Å². The summed E-state index contributed by atoms with van der Waals surface area (Å²) < 4.78 is 9.10. The molecule has 1 heterocycles. The van der Waals surface area contributed by atoms with E-state index in [2.05, 4.69) is 29.9 Å². The van der Waals surface area contributed by atoms with Crippen LogP contribution in [0.15, 0.2) is 21.8 Å². The van der Waals surface area contributed by atoms with E-state index in [1.165, 1.54) is 0 Å². The Morgan fingerprint density at radius 2 is 2.15 bits per heavy atom. The fourth-order valence-corrected chi connectivity index (χ4v) is 2.20. The average molecular weight is 258 g/mol. The highest BCUT2D eigenvalue weighted by atomic mass is 79.9. The van der Waals surface area contributed by atoms with Crippen LogP contribution in [0.4, 0.5) is 0 Å². The van der Waals surface area contributed by atoms with E-state index >= 15 is 0 Å². The summed E-state index contributed by atoms with van der Waals surface area (Å²) in [4.78, 5) is 10.1. The summed E-state index contributed by atoms with van der Waals surface area (Å²) in [6, 6.07) is 3.68. The molecule has 2 rings (SSSR count). The number of halogens is 1. The first-order chi connectivity index (χ1) is 6.33. The van der Waals surface area contributed by atoms with Gasteiger partial charge >= 0.3 is 0 Å². The molecular formula is C7H4BrN3OS. The lowest BCUT2D eigenvalue weighted by atomic mass is 10.2. The lowest BCUT2D eigenvalue weighted by molar-refractivity contribution is 1.06. The van der Waals surface area contributed by atoms with Gasteiger partial charge in [-0.05, 0) is 22.0 Å². The van der Waals surface area contributed by atoms with Crippen molar-refractivity contribution in [3.8, 4) is 0 Å². The van der Waals surface area contributed by atoms with Gasteiger partial charge < -0.3 is 0 Å². The molecule has 0 atom stereocenters. The van der Waals surface area contributed by atoms with Gasteiger partial charge in [0.1, 0.15) is 17.6 Å². The van der Waals surface area contributed by atoms with E-state index in [4.69, 9.17) is 0 Å².